The van der Waals surface area contributed by atoms with E-state index in [4.69, 9.17) is 14.7 Å². The summed E-state index contributed by atoms with van der Waals surface area (Å²) in [5.74, 6) is -3.85. The Labute approximate surface area is 227 Å². The van der Waals surface area contributed by atoms with E-state index in [1.165, 1.54) is 36.7 Å². The number of aliphatic hydroxyl groups is 3. The maximum Gasteiger partial charge on any atom is 0.267 e. The fraction of sp³-hybridized carbons (Fsp3) is 0.478. The molecule has 2 rings (SSSR count). The average Bonchev–Trinajstić information content (AvgIpc) is 2.95. The quantitative estimate of drug-likeness (QED) is 0.0446. The third-order valence-corrected chi connectivity index (χ3v) is 5.89. The van der Waals surface area contributed by atoms with Crippen LogP contribution in [0, 0.1) is 10.8 Å². The number of carbonyl (C=O) groups excluding carboxylic acids is 4. The van der Waals surface area contributed by atoms with Crippen molar-refractivity contribution in [3.8, 4) is 0 Å². The molecule has 17 heteroatoms. The van der Waals surface area contributed by atoms with Crippen LogP contribution in [-0.4, -0.2) is 106 Å². The van der Waals surface area contributed by atoms with Gasteiger partial charge in [0.2, 0.25) is 0 Å². The van der Waals surface area contributed by atoms with Crippen LogP contribution in [0.3, 0.4) is 0 Å². The third kappa shape index (κ3) is 9.01. The third-order valence-electron chi connectivity index (χ3n) is 5.89. The Morgan fingerprint density at radius 1 is 1.20 bits per heavy atom. The van der Waals surface area contributed by atoms with Gasteiger partial charge in [-0.05, 0) is 23.8 Å². The van der Waals surface area contributed by atoms with Gasteiger partial charge < -0.3 is 30.0 Å². The van der Waals surface area contributed by atoms with Gasteiger partial charge in [0.15, 0.2) is 17.9 Å². The molecule has 9 N–H and O–H groups in total. The van der Waals surface area contributed by atoms with Gasteiger partial charge in [-0.15, -0.1) is 0 Å². The summed E-state index contributed by atoms with van der Waals surface area (Å²) in [7, 11) is 0. The smallest absolute Gasteiger partial charge is 0.267 e. The van der Waals surface area contributed by atoms with Crippen molar-refractivity contribution < 1.29 is 54.4 Å². The Balaban J connectivity index is 1.84. The maximum absolute atomic E-state index is 12.3. The number of amides is 2. The first kappa shape index (κ1) is 32.7. The Bertz CT molecular complexity index is 1090. The lowest BCUT2D eigenvalue weighted by atomic mass is 9.91. The predicted octanol–water partition coefficient (Wildman–Crippen LogP) is -2.85. The highest BCUT2D eigenvalue weighted by atomic mass is 16.7. The minimum atomic E-state index is -2.08. The maximum atomic E-state index is 12.3. The van der Waals surface area contributed by atoms with Gasteiger partial charge in [-0.1, -0.05) is 24.2 Å². The zero-order valence-corrected chi connectivity index (χ0v) is 21.2. The minimum absolute atomic E-state index is 0.144. The molecule has 0 saturated carbocycles. The number of benzene rings is 1. The zero-order valence-electron chi connectivity index (χ0n) is 21.2. The molecule has 17 nitrogen and oxygen atoms in total. The molecule has 0 aliphatic carbocycles. The van der Waals surface area contributed by atoms with Crippen LogP contribution >= 0.6 is 0 Å². The summed E-state index contributed by atoms with van der Waals surface area (Å²) in [5, 5.41) is 50.9. The van der Waals surface area contributed by atoms with E-state index < -0.39 is 85.7 Å². The molecule has 1 aromatic carbocycles. The topological polar surface area (TPSA) is 265 Å². The Hall–Kier alpha value is -3.52. The van der Waals surface area contributed by atoms with Crippen molar-refractivity contribution in [3.05, 3.63) is 46.4 Å². The predicted molar refractivity (Wildman–Crippen MR) is 132 cm³/mol. The monoisotopic (exact) mass is 569 g/mol. The molecule has 2 amide bonds. The Morgan fingerprint density at radius 3 is 2.58 bits per heavy atom. The van der Waals surface area contributed by atoms with Gasteiger partial charge >= 0.3 is 0 Å². The molecule has 220 valence electrons. The second-order valence-electron chi connectivity index (χ2n) is 8.72. The number of Topliss-reactive ketones (excluding diaryl/α,β-unsaturated/α-hetero) is 2. The molecule has 1 aliphatic rings. The van der Waals surface area contributed by atoms with Crippen molar-refractivity contribution in [1.82, 2.24) is 21.8 Å². The number of ether oxygens (including phenoxy) is 2. The van der Waals surface area contributed by atoms with Crippen molar-refractivity contribution in [2.45, 2.75) is 43.7 Å². The van der Waals surface area contributed by atoms with Crippen molar-refractivity contribution in [1.29, 1.82) is 0 Å². The van der Waals surface area contributed by atoms with Gasteiger partial charge in [-0.3, -0.25) is 29.8 Å². The molecule has 0 aromatic heterocycles. The van der Waals surface area contributed by atoms with E-state index in [-0.39, 0.29) is 5.56 Å². The fourth-order valence-corrected chi connectivity index (χ4v) is 3.62. The molecular formula is C23H31N5O12. The molecule has 0 radical (unpaired) electrons. The van der Waals surface area contributed by atoms with E-state index in [0.717, 1.165) is 6.08 Å². The van der Waals surface area contributed by atoms with E-state index in [2.05, 4.69) is 16.0 Å². The van der Waals surface area contributed by atoms with Gasteiger partial charge in [0.05, 0.1) is 13.2 Å². The largest absolute Gasteiger partial charge is 0.388 e. The molecule has 1 heterocycles. The molecular weight excluding hydrogens is 538 g/mol. The number of hydroxylamine groups is 2. The Kier molecular flexibility index (Phi) is 13.0. The molecule has 40 heavy (non-hydrogen) atoms. The number of rotatable bonds is 15. The van der Waals surface area contributed by atoms with Crippen molar-refractivity contribution in [2.75, 3.05) is 19.7 Å². The zero-order chi connectivity index (χ0) is 29.8. The summed E-state index contributed by atoms with van der Waals surface area (Å²) in [4.78, 5) is 58.4. The van der Waals surface area contributed by atoms with E-state index in [0.29, 0.717) is 5.56 Å². The first-order valence-electron chi connectivity index (χ1n) is 11.9. The highest BCUT2D eigenvalue weighted by Crippen LogP contribution is 2.24. The number of nitrogens with one attached hydrogen (secondary N) is 4. The normalized spacial score (nSPS) is 23.3. The number of carbonyl (C=O) groups is 4. The van der Waals surface area contributed by atoms with Crippen LogP contribution in [0.1, 0.15) is 22.8 Å². The first-order valence-corrected chi connectivity index (χ1v) is 11.9. The van der Waals surface area contributed by atoms with Crippen LogP contribution in [0.5, 0.6) is 0 Å². The first-order chi connectivity index (χ1) is 19.0. The number of hydrogen-bond acceptors (Lipinski definition) is 15. The molecule has 0 spiro atoms. The lowest BCUT2D eigenvalue weighted by Gasteiger charge is -2.38. The van der Waals surface area contributed by atoms with Crippen molar-refractivity contribution in [3.63, 3.8) is 0 Å². The van der Waals surface area contributed by atoms with Gasteiger partial charge in [0, 0.05) is 17.6 Å². The second-order valence-corrected chi connectivity index (χ2v) is 8.72. The molecule has 1 aliphatic heterocycles. The standard InChI is InChI=1S/C23H31N5O12/c1-11-18(28-38)21(34)16(9-25-36)40-23(11)39-10-15(30)20(33)19(32)14(29)8-24-26-22(35)13-4-2-3-12(7-13)5-6-17(31)27-37/h2-7,11,15-16,18-20,23-24,28,30,32-33,37-38H,8-10H2,1H3,(H,26,35)(H,27,31)/b6-5+. The summed E-state index contributed by atoms with van der Waals surface area (Å²) in [6, 6.07) is 4.81. The van der Waals surface area contributed by atoms with Crippen LogP contribution in [-0.2, 0) is 23.9 Å². The van der Waals surface area contributed by atoms with Crippen LogP contribution < -0.4 is 21.8 Å². The highest BCUT2D eigenvalue weighted by molar-refractivity contribution is 5.95. The summed E-state index contributed by atoms with van der Waals surface area (Å²) in [6.45, 7) is -0.367. The summed E-state index contributed by atoms with van der Waals surface area (Å²) in [6.07, 6.45) is -6.05. The number of hydrogen-bond donors (Lipinski definition) is 9. The van der Waals surface area contributed by atoms with E-state index in [1.54, 1.807) is 11.5 Å². The lowest BCUT2D eigenvalue weighted by Crippen LogP contribution is -2.58. The Morgan fingerprint density at radius 2 is 1.93 bits per heavy atom. The highest BCUT2D eigenvalue weighted by Gasteiger charge is 2.44. The van der Waals surface area contributed by atoms with Gasteiger partial charge in [-0.25, -0.2) is 10.9 Å². The molecule has 1 saturated heterocycles. The second kappa shape index (κ2) is 15.9. The van der Waals surface area contributed by atoms with Crippen molar-refractivity contribution in [2.24, 2.45) is 11.1 Å². The van der Waals surface area contributed by atoms with Gasteiger partial charge in [-0.2, -0.15) is 10.4 Å². The SMILES string of the molecule is CC1C(OCC(O)C(O)C(O)C(=O)CNNC(=O)c2cccc(/C=C/C(=O)NO)c2)OC(CN=O)C(=O)C1NO. The van der Waals surface area contributed by atoms with E-state index >= 15 is 0 Å². The van der Waals surface area contributed by atoms with E-state index in [1.807, 2.05) is 0 Å². The van der Waals surface area contributed by atoms with Crippen LogP contribution in [0.15, 0.2) is 35.5 Å². The number of aliphatic hydroxyl groups excluding tert-OH is 3. The molecule has 0 bridgehead atoms. The summed E-state index contributed by atoms with van der Waals surface area (Å²) >= 11 is 0. The number of nitrogens with zero attached hydrogens (tertiary/aromatic N) is 1. The number of ketones is 2. The van der Waals surface area contributed by atoms with Crippen LogP contribution in [0.25, 0.3) is 6.08 Å². The minimum Gasteiger partial charge on any atom is -0.388 e. The summed E-state index contributed by atoms with van der Waals surface area (Å²) < 4.78 is 10.7. The van der Waals surface area contributed by atoms with Crippen molar-refractivity contribution >= 4 is 29.5 Å². The fourth-order valence-electron chi connectivity index (χ4n) is 3.62. The number of hydrazine groups is 1. The van der Waals surface area contributed by atoms with Gasteiger partial charge in [0.1, 0.15) is 37.0 Å². The lowest BCUT2D eigenvalue weighted by molar-refractivity contribution is -0.234. The summed E-state index contributed by atoms with van der Waals surface area (Å²) in [5.41, 5.74) is 8.35. The molecule has 7 unspecified atom stereocenters. The molecule has 7 atom stereocenters. The molecule has 1 fully saturated rings. The van der Waals surface area contributed by atoms with Gasteiger partial charge in [0.25, 0.3) is 11.8 Å². The van der Waals surface area contributed by atoms with E-state index in [9.17, 15) is 44.6 Å². The number of nitroso groups, excluding NO2 is 1. The average molecular weight is 570 g/mol. The molecule has 1 aromatic rings. The van der Waals surface area contributed by atoms with Crippen LogP contribution in [0.4, 0.5) is 0 Å². The van der Waals surface area contributed by atoms with Crippen LogP contribution in [0.2, 0.25) is 0 Å².